The van der Waals surface area contributed by atoms with Crippen molar-refractivity contribution in [2.75, 3.05) is 0 Å². The summed E-state index contributed by atoms with van der Waals surface area (Å²) in [6.07, 6.45) is 4.95. The molecule has 0 aromatic carbocycles. The third-order valence-electron chi connectivity index (χ3n) is 3.23. The zero-order valence-corrected chi connectivity index (χ0v) is 11.5. The molecule has 1 saturated carbocycles. The molecule has 1 aromatic heterocycles. The zero-order chi connectivity index (χ0) is 11.7. The van der Waals surface area contributed by atoms with Crippen LogP contribution in [-0.2, 0) is 19.9 Å². The van der Waals surface area contributed by atoms with Crippen molar-refractivity contribution in [3.8, 4) is 0 Å². The van der Waals surface area contributed by atoms with Crippen LogP contribution in [0.3, 0.4) is 0 Å². The fourth-order valence-electron chi connectivity index (χ4n) is 2.09. The summed E-state index contributed by atoms with van der Waals surface area (Å²) in [4.78, 5) is 0. The van der Waals surface area contributed by atoms with Crippen molar-refractivity contribution in [2.45, 2.75) is 45.1 Å². The first-order chi connectivity index (χ1) is 7.61. The number of aliphatic hydroxyl groups is 1. The summed E-state index contributed by atoms with van der Waals surface area (Å²) in [5.41, 5.74) is 2.20. The lowest BCUT2D eigenvalue weighted by atomic mass is 10.1. The number of rotatable bonds is 5. The highest BCUT2D eigenvalue weighted by molar-refractivity contribution is 9.10. The average Bonchev–Trinajstić information content (AvgIpc) is 3.00. The van der Waals surface area contributed by atoms with Crippen LogP contribution < -0.4 is 0 Å². The molecule has 1 aromatic rings. The van der Waals surface area contributed by atoms with Gasteiger partial charge in [0.1, 0.15) is 0 Å². The van der Waals surface area contributed by atoms with Gasteiger partial charge in [-0.3, -0.25) is 4.68 Å². The van der Waals surface area contributed by atoms with E-state index in [1.807, 2.05) is 11.7 Å². The summed E-state index contributed by atoms with van der Waals surface area (Å²) < 4.78 is 2.96. The van der Waals surface area contributed by atoms with E-state index in [1.54, 1.807) is 0 Å². The number of aliphatic hydroxyl groups excluding tert-OH is 1. The van der Waals surface area contributed by atoms with Gasteiger partial charge in [0, 0.05) is 13.5 Å². The van der Waals surface area contributed by atoms with Crippen LogP contribution in [-0.4, -0.2) is 21.0 Å². The van der Waals surface area contributed by atoms with Gasteiger partial charge in [-0.05, 0) is 34.7 Å². The lowest BCUT2D eigenvalue weighted by molar-refractivity contribution is 0.155. The minimum atomic E-state index is -0.219. The van der Waals surface area contributed by atoms with Gasteiger partial charge in [0.25, 0.3) is 0 Å². The van der Waals surface area contributed by atoms with Gasteiger partial charge in [-0.25, -0.2) is 0 Å². The van der Waals surface area contributed by atoms with E-state index in [9.17, 15) is 5.11 Å². The Kier molecular flexibility index (Phi) is 3.70. The number of halogens is 1. The van der Waals surface area contributed by atoms with Gasteiger partial charge in [-0.2, -0.15) is 5.10 Å². The average molecular weight is 287 g/mol. The summed E-state index contributed by atoms with van der Waals surface area (Å²) in [7, 11) is 1.95. The van der Waals surface area contributed by atoms with Crippen molar-refractivity contribution in [1.29, 1.82) is 0 Å². The van der Waals surface area contributed by atoms with E-state index in [0.29, 0.717) is 6.42 Å². The third kappa shape index (κ3) is 2.66. The lowest BCUT2D eigenvalue weighted by Gasteiger charge is -2.10. The molecular formula is C12H19BrN2O. The van der Waals surface area contributed by atoms with Gasteiger partial charge in [0.05, 0.1) is 22.0 Å². The first kappa shape index (κ1) is 12.1. The van der Waals surface area contributed by atoms with E-state index in [2.05, 4.69) is 28.0 Å². The third-order valence-corrected chi connectivity index (χ3v) is 4.15. The number of hydrogen-bond acceptors (Lipinski definition) is 2. The molecule has 1 N–H and O–H groups in total. The molecule has 0 amide bonds. The zero-order valence-electron chi connectivity index (χ0n) is 9.91. The van der Waals surface area contributed by atoms with E-state index in [-0.39, 0.29) is 6.10 Å². The lowest BCUT2D eigenvalue weighted by Crippen LogP contribution is -2.14. The van der Waals surface area contributed by atoms with Gasteiger partial charge in [-0.1, -0.05) is 19.8 Å². The van der Waals surface area contributed by atoms with Crippen LogP contribution >= 0.6 is 15.9 Å². The second kappa shape index (κ2) is 4.88. The Hall–Kier alpha value is -0.350. The maximum atomic E-state index is 9.98. The van der Waals surface area contributed by atoms with E-state index < -0.39 is 0 Å². The molecule has 4 heteroatoms. The van der Waals surface area contributed by atoms with Gasteiger partial charge >= 0.3 is 0 Å². The maximum absolute atomic E-state index is 9.98. The van der Waals surface area contributed by atoms with Crippen molar-refractivity contribution in [3.05, 3.63) is 15.9 Å². The second-order valence-electron chi connectivity index (χ2n) is 4.72. The number of hydrogen-bond donors (Lipinski definition) is 1. The maximum Gasteiger partial charge on any atom is 0.0766 e. The van der Waals surface area contributed by atoms with E-state index >= 15 is 0 Å². The van der Waals surface area contributed by atoms with Crippen LogP contribution in [0.4, 0.5) is 0 Å². The minimum Gasteiger partial charge on any atom is -0.393 e. The SMILES string of the molecule is CCc1nn(C)c(CC(O)CC2CC2)c1Br. The minimum absolute atomic E-state index is 0.219. The Balaban J connectivity index is 2.04. The molecule has 2 rings (SSSR count). The summed E-state index contributed by atoms with van der Waals surface area (Å²) in [5, 5.41) is 14.4. The first-order valence-electron chi connectivity index (χ1n) is 6.00. The topological polar surface area (TPSA) is 38.0 Å². The molecule has 1 heterocycles. The molecule has 0 aliphatic heterocycles. The van der Waals surface area contributed by atoms with Crippen LogP contribution in [0.1, 0.15) is 37.6 Å². The van der Waals surface area contributed by atoms with Crippen molar-refractivity contribution in [2.24, 2.45) is 13.0 Å². The summed E-state index contributed by atoms with van der Waals surface area (Å²) >= 11 is 3.58. The molecule has 1 aliphatic carbocycles. The molecule has 1 atom stereocenters. The monoisotopic (exact) mass is 286 g/mol. The molecule has 1 unspecified atom stereocenters. The largest absolute Gasteiger partial charge is 0.393 e. The van der Waals surface area contributed by atoms with Gasteiger partial charge in [0.15, 0.2) is 0 Å². The highest BCUT2D eigenvalue weighted by Crippen LogP contribution is 2.34. The first-order valence-corrected chi connectivity index (χ1v) is 6.79. The van der Waals surface area contributed by atoms with Gasteiger partial charge < -0.3 is 5.11 Å². The summed E-state index contributed by atoms with van der Waals surface area (Å²) in [6, 6.07) is 0. The standard InChI is InChI=1S/C12H19BrN2O/c1-3-10-12(13)11(15(2)14-10)7-9(16)6-8-4-5-8/h8-9,16H,3-7H2,1-2H3. The normalized spacial score (nSPS) is 17.8. The van der Waals surface area contributed by atoms with Crippen LogP contribution in [0.25, 0.3) is 0 Å². The van der Waals surface area contributed by atoms with Gasteiger partial charge in [-0.15, -0.1) is 0 Å². The molecular weight excluding hydrogens is 268 g/mol. The van der Waals surface area contributed by atoms with Crippen LogP contribution in [0, 0.1) is 5.92 Å². The summed E-state index contributed by atoms with van der Waals surface area (Å²) in [5.74, 6) is 0.771. The van der Waals surface area contributed by atoms with Crippen molar-refractivity contribution in [3.63, 3.8) is 0 Å². The summed E-state index contributed by atoms with van der Waals surface area (Å²) in [6.45, 7) is 2.09. The highest BCUT2D eigenvalue weighted by Gasteiger charge is 2.25. The highest BCUT2D eigenvalue weighted by atomic mass is 79.9. The molecule has 1 aliphatic rings. The molecule has 16 heavy (non-hydrogen) atoms. The van der Waals surface area contributed by atoms with E-state index in [0.717, 1.165) is 34.6 Å². The van der Waals surface area contributed by atoms with E-state index in [1.165, 1.54) is 12.8 Å². The fraction of sp³-hybridized carbons (Fsp3) is 0.750. The van der Waals surface area contributed by atoms with Crippen LogP contribution in [0.15, 0.2) is 4.47 Å². The van der Waals surface area contributed by atoms with E-state index in [4.69, 9.17) is 0 Å². The Morgan fingerprint density at radius 1 is 1.56 bits per heavy atom. The number of aryl methyl sites for hydroxylation is 2. The van der Waals surface area contributed by atoms with Crippen molar-refractivity contribution >= 4 is 15.9 Å². The molecule has 0 radical (unpaired) electrons. The molecule has 0 saturated heterocycles. The van der Waals surface area contributed by atoms with Crippen LogP contribution in [0.5, 0.6) is 0 Å². The van der Waals surface area contributed by atoms with Gasteiger partial charge in [0.2, 0.25) is 0 Å². The molecule has 1 fully saturated rings. The Morgan fingerprint density at radius 2 is 2.25 bits per heavy atom. The molecule has 0 bridgehead atoms. The Morgan fingerprint density at radius 3 is 2.75 bits per heavy atom. The number of nitrogens with zero attached hydrogens (tertiary/aromatic N) is 2. The number of aromatic nitrogens is 2. The smallest absolute Gasteiger partial charge is 0.0766 e. The Bertz CT molecular complexity index is 371. The van der Waals surface area contributed by atoms with Crippen molar-refractivity contribution in [1.82, 2.24) is 9.78 Å². The fourth-order valence-corrected chi connectivity index (χ4v) is 2.86. The molecule has 90 valence electrons. The quantitative estimate of drug-likeness (QED) is 0.903. The van der Waals surface area contributed by atoms with Crippen LogP contribution in [0.2, 0.25) is 0 Å². The predicted molar refractivity (Wildman–Crippen MR) is 67.3 cm³/mol. The Labute approximate surface area is 105 Å². The second-order valence-corrected chi connectivity index (χ2v) is 5.51. The molecule has 0 spiro atoms. The van der Waals surface area contributed by atoms with Crippen molar-refractivity contribution < 1.29 is 5.11 Å². The predicted octanol–water partition coefficient (Wildman–Crippen LogP) is 2.45. The molecule has 3 nitrogen and oxygen atoms in total.